The normalized spacial score (nSPS) is 13.3. The van der Waals surface area contributed by atoms with Crippen LogP contribution in [0.15, 0.2) is 182 Å². The molecule has 464 valence electrons. The van der Waals surface area contributed by atoms with Gasteiger partial charge in [-0.2, -0.15) is 0 Å². The number of allylic oxidation sites excluding steroid dienone is 30. The van der Waals surface area contributed by atoms with Crippen molar-refractivity contribution in [3.63, 3.8) is 0 Å². The van der Waals surface area contributed by atoms with Gasteiger partial charge in [0, 0.05) is 19.3 Å². The Kier molecular flexibility index (Phi) is 64.4. The molecule has 0 amide bonds. The molecule has 0 saturated carbocycles. The summed E-state index contributed by atoms with van der Waals surface area (Å²) in [6.45, 7) is 6.26. The molecule has 0 spiro atoms. The van der Waals surface area contributed by atoms with E-state index in [1.807, 2.05) is 0 Å². The first-order chi connectivity index (χ1) is 41.0. The molecule has 0 rings (SSSR count). The molecule has 1 atom stereocenters. The molecule has 6 heteroatoms. The van der Waals surface area contributed by atoms with Gasteiger partial charge >= 0.3 is 17.9 Å². The molecule has 83 heavy (non-hydrogen) atoms. The fourth-order valence-corrected chi connectivity index (χ4v) is 8.52. The van der Waals surface area contributed by atoms with Crippen LogP contribution in [0.4, 0.5) is 0 Å². The van der Waals surface area contributed by atoms with Gasteiger partial charge < -0.3 is 14.2 Å². The molecule has 0 heterocycles. The summed E-state index contributed by atoms with van der Waals surface area (Å²) in [6, 6.07) is 0. The quantitative estimate of drug-likeness (QED) is 0.0261. The molecule has 0 fully saturated rings. The highest BCUT2D eigenvalue weighted by molar-refractivity contribution is 5.71. The summed E-state index contributed by atoms with van der Waals surface area (Å²) in [7, 11) is 0. The Labute approximate surface area is 510 Å². The van der Waals surface area contributed by atoms with Crippen molar-refractivity contribution < 1.29 is 28.6 Å². The first-order valence-electron chi connectivity index (χ1n) is 33.3. The Morgan fingerprint density at radius 1 is 0.241 bits per heavy atom. The van der Waals surface area contributed by atoms with Crippen LogP contribution in [-0.2, 0) is 28.6 Å². The van der Waals surface area contributed by atoms with E-state index in [-0.39, 0.29) is 31.1 Å². The lowest BCUT2D eigenvalue weighted by Crippen LogP contribution is -2.30. The van der Waals surface area contributed by atoms with Crippen LogP contribution in [-0.4, -0.2) is 37.2 Å². The second-order valence-electron chi connectivity index (χ2n) is 21.2. The number of carbonyl (C=O) groups excluding carboxylic acids is 3. The minimum atomic E-state index is -0.810. The average molecular weight is 1140 g/mol. The molecule has 0 radical (unpaired) electrons. The van der Waals surface area contributed by atoms with Crippen molar-refractivity contribution in [2.24, 2.45) is 0 Å². The van der Waals surface area contributed by atoms with Crippen molar-refractivity contribution in [2.45, 2.75) is 271 Å². The molecule has 0 aromatic rings. The summed E-state index contributed by atoms with van der Waals surface area (Å²) in [5.41, 5.74) is 0. The second kappa shape index (κ2) is 69.0. The molecule has 0 N–H and O–H groups in total. The Morgan fingerprint density at radius 3 is 0.675 bits per heavy atom. The van der Waals surface area contributed by atoms with Gasteiger partial charge in [0.05, 0.1) is 0 Å². The molecular formula is C77H120O6. The largest absolute Gasteiger partial charge is 0.462 e. The number of hydrogen-bond acceptors (Lipinski definition) is 6. The van der Waals surface area contributed by atoms with Gasteiger partial charge in [-0.25, -0.2) is 0 Å². The predicted octanol–water partition coefficient (Wildman–Crippen LogP) is 23.2. The molecule has 0 saturated heterocycles. The van der Waals surface area contributed by atoms with Crippen molar-refractivity contribution in [1.82, 2.24) is 0 Å². The molecular weight excluding hydrogens is 1020 g/mol. The van der Waals surface area contributed by atoms with Crippen molar-refractivity contribution in [2.75, 3.05) is 13.2 Å². The number of rotatable bonds is 58. The summed E-state index contributed by atoms with van der Waals surface area (Å²) in [4.78, 5) is 38.4. The first kappa shape index (κ1) is 77.5. The van der Waals surface area contributed by atoms with Gasteiger partial charge in [-0.3, -0.25) is 14.4 Å². The van der Waals surface area contributed by atoms with Gasteiger partial charge in [-0.05, 0) is 154 Å². The summed E-state index contributed by atoms with van der Waals surface area (Å²) in [5, 5.41) is 0. The van der Waals surface area contributed by atoms with Crippen molar-refractivity contribution in [3.05, 3.63) is 182 Å². The Balaban J connectivity index is 4.40. The molecule has 0 aliphatic rings. The van der Waals surface area contributed by atoms with E-state index >= 15 is 0 Å². The Morgan fingerprint density at radius 2 is 0.434 bits per heavy atom. The number of hydrogen-bond donors (Lipinski definition) is 0. The van der Waals surface area contributed by atoms with Crippen LogP contribution in [0, 0.1) is 0 Å². The smallest absolute Gasteiger partial charge is 0.306 e. The van der Waals surface area contributed by atoms with E-state index in [0.717, 1.165) is 205 Å². The zero-order valence-corrected chi connectivity index (χ0v) is 53.1. The number of carbonyl (C=O) groups is 3. The second-order valence-corrected chi connectivity index (χ2v) is 21.2. The number of ether oxygens (including phenoxy) is 3. The maximum absolute atomic E-state index is 12.9. The van der Waals surface area contributed by atoms with E-state index in [1.165, 1.54) is 19.3 Å². The third-order valence-electron chi connectivity index (χ3n) is 13.4. The highest BCUT2D eigenvalue weighted by Crippen LogP contribution is 2.14. The maximum atomic E-state index is 12.9. The summed E-state index contributed by atoms with van der Waals surface area (Å²) in [5.74, 6) is -0.955. The number of esters is 3. The lowest BCUT2D eigenvalue weighted by molar-refractivity contribution is -0.167. The third-order valence-corrected chi connectivity index (χ3v) is 13.4. The highest BCUT2D eigenvalue weighted by Gasteiger charge is 2.19. The monoisotopic (exact) mass is 1140 g/mol. The molecule has 0 bridgehead atoms. The van der Waals surface area contributed by atoms with E-state index < -0.39 is 6.10 Å². The van der Waals surface area contributed by atoms with E-state index in [1.54, 1.807) is 0 Å². The zero-order chi connectivity index (χ0) is 59.9. The standard InChI is InChI=1S/C77H120O6/c1-4-7-10-13-16-19-22-25-28-30-31-32-33-34-35-36-37-38-39-40-41-42-43-44-45-47-49-52-55-58-61-64-67-70-76(79)82-73-74(72-81-75(78)69-66-63-60-57-54-51-48-27-24-21-18-15-12-9-6-3)83-77(80)71-68-65-62-59-56-53-50-46-29-26-23-20-17-14-11-8-5-2/h7-12,16-21,25-29,31-32,34-35,37-38,40-41,43-44,47-49,74H,4-6,13-15,22-24,30,33,36,39,42,45-46,50-73H2,1-3H3/b10-7-,11-8-,12-9-,19-16-,20-17-,21-18-,28-25-,29-26-,32-31-,35-34-,38-37-,41-40-,44-43-,48-27-,49-47-. The topological polar surface area (TPSA) is 78.9 Å². The SMILES string of the molecule is CC/C=C\C/C=C\C/C=C\C/C=C\C/C=C\C/C=C\C/C=C\C/C=C\C/C=C\CCCCCCCC(=O)OCC(COC(=O)CCCCCCC/C=C\C/C=C\C/C=C\CC)OC(=O)CCCCCCCCC/C=C\C/C=C\C/C=C\CC. The molecule has 1 unspecified atom stereocenters. The average Bonchev–Trinajstić information content (AvgIpc) is 3.49. The fraction of sp³-hybridized carbons (Fsp3) is 0.571. The molecule has 6 nitrogen and oxygen atoms in total. The minimum Gasteiger partial charge on any atom is -0.462 e. The lowest BCUT2D eigenvalue weighted by atomic mass is 10.1. The van der Waals surface area contributed by atoms with Crippen LogP contribution < -0.4 is 0 Å². The molecule has 0 aliphatic heterocycles. The third kappa shape index (κ3) is 67.2. The highest BCUT2D eigenvalue weighted by atomic mass is 16.6. The minimum absolute atomic E-state index is 0.105. The summed E-state index contributed by atoms with van der Waals surface area (Å²) < 4.78 is 16.9. The van der Waals surface area contributed by atoms with Gasteiger partial charge in [0.1, 0.15) is 13.2 Å². The predicted molar refractivity (Wildman–Crippen MR) is 361 cm³/mol. The molecule has 0 aromatic heterocycles. The van der Waals surface area contributed by atoms with Gasteiger partial charge in [0.25, 0.3) is 0 Å². The first-order valence-corrected chi connectivity index (χ1v) is 33.3. The number of unbranched alkanes of at least 4 members (excludes halogenated alkanes) is 17. The van der Waals surface area contributed by atoms with Crippen LogP contribution >= 0.6 is 0 Å². The Hall–Kier alpha value is -5.49. The van der Waals surface area contributed by atoms with Crippen molar-refractivity contribution >= 4 is 17.9 Å². The van der Waals surface area contributed by atoms with Crippen LogP contribution in [0.1, 0.15) is 265 Å². The maximum Gasteiger partial charge on any atom is 0.306 e. The summed E-state index contributed by atoms with van der Waals surface area (Å²) in [6.07, 6.45) is 103. The Bertz CT molecular complexity index is 1940. The lowest BCUT2D eigenvalue weighted by Gasteiger charge is -2.18. The molecule has 0 aromatic carbocycles. The van der Waals surface area contributed by atoms with Crippen molar-refractivity contribution in [1.29, 1.82) is 0 Å². The van der Waals surface area contributed by atoms with Crippen LogP contribution in [0.2, 0.25) is 0 Å². The fourth-order valence-electron chi connectivity index (χ4n) is 8.52. The molecule has 0 aliphatic carbocycles. The zero-order valence-electron chi connectivity index (χ0n) is 53.1. The van der Waals surface area contributed by atoms with Gasteiger partial charge in [0.2, 0.25) is 0 Å². The van der Waals surface area contributed by atoms with Crippen LogP contribution in [0.3, 0.4) is 0 Å². The van der Waals surface area contributed by atoms with Gasteiger partial charge in [0.15, 0.2) is 6.10 Å². The van der Waals surface area contributed by atoms with Gasteiger partial charge in [-0.15, -0.1) is 0 Å². The van der Waals surface area contributed by atoms with E-state index in [9.17, 15) is 14.4 Å². The van der Waals surface area contributed by atoms with Crippen LogP contribution in [0.25, 0.3) is 0 Å². The van der Waals surface area contributed by atoms with E-state index in [4.69, 9.17) is 14.2 Å². The summed E-state index contributed by atoms with van der Waals surface area (Å²) >= 11 is 0. The van der Waals surface area contributed by atoms with Crippen LogP contribution in [0.5, 0.6) is 0 Å². The van der Waals surface area contributed by atoms with E-state index in [2.05, 4.69) is 203 Å². The van der Waals surface area contributed by atoms with Crippen molar-refractivity contribution in [3.8, 4) is 0 Å². The van der Waals surface area contributed by atoms with Gasteiger partial charge in [-0.1, -0.05) is 274 Å². The van der Waals surface area contributed by atoms with E-state index in [0.29, 0.717) is 19.3 Å².